The van der Waals surface area contributed by atoms with Crippen molar-refractivity contribution in [2.24, 2.45) is 5.73 Å². The van der Waals surface area contributed by atoms with Gasteiger partial charge in [0.05, 0.1) is 11.9 Å². The van der Waals surface area contributed by atoms with Crippen molar-refractivity contribution in [2.75, 3.05) is 17.2 Å². The second-order valence-corrected chi connectivity index (χ2v) is 4.05. The summed E-state index contributed by atoms with van der Waals surface area (Å²) in [5, 5.41) is 0. The number of nitrogens with two attached hydrogens (primary N) is 2. The Labute approximate surface area is 94.4 Å². The molecule has 16 heavy (non-hydrogen) atoms. The monoisotopic (exact) mass is 220 g/mol. The van der Waals surface area contributed by atoms with Crippen LogP contribution in [0.4, 0.5) is 11.5 Å². The van der Waals surface area contributed by atoms with Crippen LogP contribution >= 0.6 is 0 Å². The lowest BCUT2D eigenvalue weighted by Gasteiger charge is -2.35. The number of primary amides is 1. The third kappa shape index (κ3) is 2.08. The predicted molar refractivity (Wildman–Crippen MR) is 62.8 cm³/mol. The van der Waals surface area contributed by atoms with Crippen molar-refractivity contribution in [1.29, 1.82) is 0 Å². The molecule has 0 spiro atoms. The van der Waals surface area contributed by atoms with E-state index >= 15 is 0 Å². The Kier molecular flexibility index (Phi) is 2.94. The van der Waals surface area contributed by atoms with Crippen LogP contribution in [0.3, 0.4) is 0 Å². The zero-order valence-electron chi connectivity index (χ0n) is 9.10. The molecule has 0 saturated carbocycles. The van der Waals surface area contributed by atoms with E-state index in [4.69, 9.17) is 11.5 Å². The quantitative estimate of drug-likeness (QED) is 0.760. The molecule has 4 N–H and O–H groups in total. The fourth-order valence-electron chi connectivity index (χ4n) is 2.10. The molecule has 0 aliphatic carbocycles. The van der Waals surface area contributed by atoms with Crippen LogP contribution in [0.2, 0.25) is 0 Å². The van der Waals surface area contributed by atoms with Gasteiger partial charge in [-0.2, -0.15) is 0 Å². The molecule has 86 valence electrons. The number of hydrogen-bond donors (Lipinski definition) is 2. The zero-order valence-corrected chi connectivity index (χ0v) is 9.10. The second kappa shape index (κ2) is 4.38. The molecule has 0 aromatic carbocycles. The maximum atomic E-state index is 11.3. The second-order valence-electron chi connectivity index (χ2n) is 4.05. The highest BCUT2D eigenvalue weighted by Crippen LogP contribution is 2.24. The van der Waals surface area contributed by atoms with Gasteiger partial charge in [0.2, 0.25) is 5.91 Å². The molecule has 2 rings (SSSR count). The number of hydrogen-bond acceptors (Lipinski definition) is 4. The standard InChI is InChI=1S/C11H16N4O/c12-10-5-4-8(7-14-10)15-6-2-1-3-9(15)11(13)16/h4-5,7,9H,1-3,6H2,(H2,12,14)(H2,13,16). The normalized spacial score (nSPS) is 20.8. The van der Waals surface area contributed by atoms with Crippen LogP contribution in [0.15, 0.2) is 18.3 Å². The first-order valence-electron chi connectivity index (χ1n) is 5.46. The topological polar surface area (TPSA) is 85.2 Å². The van der Waals surface area contributed by atoms with E-state index in [1.807, 2.05) is 11.0 Å². The number of amides is 1. The van der Waals surface area contributed by atoms with Crippen molar-refractivity contribution in [3.8, 4) is 0 Å². The van der Waals surface area contributed by atoms with Gasteiger partial charge in [-0.3, -0.25) is 4.79 Å². The summed E-state index contributed by atoms with van der Waals surface area (Å²) in [5.74, 6) is 0.216. The number of nitrogen functional groups attached to an aromatic ring is 1. The molecule has 1 amide bonds. The number of pyridine rings is 1. The van der Waals surface area contributed by atoms with Gasteiger partial charge in [-0.25, -0.2) is 4.98 Å². The summed E-state index contributed by atoms with van der Waals surface area (Å²) in [6.45, 7) is 0.846. The lowest BCUT2D eigenvalue weighted by Crippen LogP contribution is -2.47. The van der Waals surface area contributed by atoms with E-state index in [1.54, 1.807) is 12.3 Å². The Morgan fingerprint density at radius 2 is 2.25 bits per heavy atom. The van der Waals surface area contributed by atoms with Crippen molar-refractivity contribution < 1.29 is 4.79 Å². The highest BCUT2D eigenvalue weighted by Gasteiger charge is 2.27. The summed E-state index contributed by atoms with van der Waals surface area (Å²) in [7, 11) is 0. The first-order valence-corrected chi connectivity index (χ1v) is 5.46. The molecule has 1 aromatic rings. The van der Waals surface area contributed by atoms with Crippen molar-refractivity contribution in [1.82, 2.24) is 4.98 Å². The van der Waals surface area contributed by atoms with E-state index < -0.39 is 0 Å². The first-order chi connectivity index (χ1) is 7.68. The van der Waals surface area contributed by atoms with Crippen molar-refractivity contribution in [2.45, 2.75) is 25.3 Å². The Morgan fingerprint density at radius 1 is 1.44 bits per heavy atom. The number of anilines is 2. The van der Waals surface area contributed by atoms with Gasteiger partial charge in [0, 0.05) is 6.54 Å². The van der Waals surface area contributed by atoms with Gasteiger partial charge >= 0.3 is 0 Å². The number of nitrogens with zero attached hydrogens (tertiary/aromatic N) is 2. The Hall–Kier alpha value is -1.78. The SMILES string of the molecule is NC(=O)C1CCCCN1c1ccc(N)nc1. The summed E-state index contributed by atoms with van der Waals surface area (Å²) in [6.07, 6.45) is 4.64. The predicted octanol–water partition coefficient (Wildman–Crippen LogP) is 0.508. The molecule has 1 aliphatic heterocycles. The van der Waals surface area contributed by atoms with Crippen LogP contribution in [-0.2, 0) is 4.79 Å². The third-order valence-electron chi connectivity index (χ3n) is 2.93. The lowest BCUT2D eigenvalue weighted by atomic mass is 10.0. The van der Waals surface area contributed by atoms with Gasteiger partial charge in [0.1, 0.15) is 11.9 Å². The summed E-state index contributed by atoms with van der Waals surface area (Å²) in [4.78, 5) is 17.4. The lowest BCUT2D eigenvalue weighted by molar-refractivity contribution is -0.119. The largest absolute Gasteiger partial charge is 0.384 e. The Balaban J connectivity index is 2.23. The van der Waals surface area contributed by atoms with Gasteiger partial charge in [0.15, 0.2) is 0 Å². The van der Waals surface area contributed by atoms with Crippen LogP contribution in [0.1, 0.15) is 19.3 Å². The number of piperidine rings is 1. The van der Waals surface area contributed by atoms with Gasteiger partial charge < -0.3 is 16.4 Å². The minimum atomic E-state index is -0.267. The Bertz CT molecular complexity index is 376. The van der Waals surface area contributed by atoms with Crippen molar-refractivity contribution in [3.05, 3.63) is 18.3 Å². The molecule has 1 aliphatic rings. The molecule has 1 fully saturated rings. The minimum absolute atomic E-state index is 0.209. The molecule has 0 radical (unpaired) electrons. The van der Waals surface area contributed by atoms with Gasteiger partial charge in [-0.15, -0.1) is 0 Å². The molecular formula is C11H16N4O. The molecule has 5 nitrogen and oxygen atoms in total. The molecule has 1 aromatic heterocycles. The average molecular weight is 220 g/mol. The molecule has 5 heteroatoms. The maximum Gasteiger partial charge on any atom is 0.240 e. The van der Waals surface area contributed by atoms with E-state index in [-0.39, 0.29) is 11.9 Å². The fraction of sp³-hybridized carbons (Fsp3) is 0.455. The van der Waals surface area contributed by atoms with Gasteiger partial charge in [0.25, 0.3) is 0 Å². The minimum Gasteiger partial charge on any atom is -0.384 e. The van der Waals surface area contributed by atoms with Crippen LogP contribution in [0.5, 0.6) is 0 Å². The molecule has 1 unspecified atom stereocenters. The summed E-state index contributed by atoms with van der Waals surface area (Å²) in [6, 6.07) is 3.41. The van der Waals surface area contributed by atoms with E-state index in [2.05, 4.69) is 4.98 Å². The smallest absolute Gasteiger partial charge is 0.240 e. The number of carbonyl (C=O) groups is 1. The van der Waals surface area contributed by atoms with E-state index in [1.165, 1.54) is 0 Å². The summed E-state index contributed by atoms with van der Waals surface area (Å²) >= 11 is 0. The Morgan fingerprint density at radius 3 is 2.88 bits per heavy atom. The maximum absolute atomic E-state index is 11.3. The molecule has 0 bridgehead atoms. The van der Waals surface area contributed by atoms with Crippen LogP contribution in [-0.4, -0.2) is 23.5 Å². The highest BCUT2D eigenvalue weighted by atomic mass is 16.1. The number of rotatable bonds is 2. The van der Waals surface area contributed by atoms with Crippen LogP contribution < -0.4 is 16.4 Å². The fourth-order valence-corrected chi connectivity index (χ4v) is 2.10. The van der Waals surface area contributed by atoms with Crippen molar-refractivity contribution >= 4 is 17.4 Å². The highest BCUT2D eigenvalue weighted by molar-refractivity contribution is 5.83. The van der Waals surface area contributed by atoms with Gasteiger partial charge in [-0.1, -0.05) is 0 Å². The van der Waals surface area contributed by atoms with Gasteiger partial charge in [-0.05, 0) is 31.4 Å². The number of carbonyl (C=O) groups excluding carboxylic acids is 1. The molecule has 1 saturated heterocycles. The molecule has 2 heterocycles. The van der Waals surface area contributed by atoms with E-state index in [0.717, 1.165) is 31.5 Å². The van der Waals surface area contributed by atoms with E-state index in [0.29, 0.717) is 5.82 Å². The zero-order chi connectivity index (χ0) is 11.5. The van der Waals surface area contributed by atoms with Crippen LogP contribution in [0, 0.1) is 0 Å². The third-order valence-corrected chi connectivity index (χ3v) is 2.93. The summed E-state index contributed by atoms with van der Waals surface area (Å²) < 4.78 is 0. The first kappa shape index (κ1) is 10.7. The average Bonchev–Trinajstić information content (AvgIpc) is 2.30. The number of aromatic nitrogens is 1. The van der Waals surface area contributed by atoms with Crippen LogP contribution in [0.25, 0.3) is 0 Å². The van der Waals surface area contributed by atoms with Crippen molar-refractivity contribution in [3.63, 3.8) is 0 Å². The summed E-state index contributed by atoms with van der Waals surface area (Å²) in [5.41, 5.74) is 11.8. The molecular weight excluding hydrogens is 204 g/mol. The van der Waals surface area contributed by atoms with E-state index in [9.17, 15) is 4.79 Å². The molecule has 1 atom stereocenters.